The number of rotatable bonds is 8. The van der Waals surface area contributed by atoms with Crippen LogP contribution in [0, 0.1) is 0 Å². The van der Waals surface area contributed by atoms with Crippen molar-refractivity contribution in [2.75, 3.05) is 5.32 Å². The second-order valence-electron chi connectivity index (χ2n) is 7.83. The molecule has 1 atom stereocenters. The van der Waals surface area contributed by atoms with Crippen molar-refractivity contribution in [3.63, 3.8) is 0 Å². The first-order valence-corrected chi connectivity index (χ1v) is 12.7. The van der Waals surface area contributed by atoms with Gasteiger partial charge in [-0.05, 0) is 41.3 Å². The lowest BCUT2D eigenvalue weighted by atomic mass is 10.1. The minimum Gasteiger partial charge on any atom is -0.414 e. The molecule has 0 bridgehead atoms. The average Bonchev–Trinajstić information content (AvgIpc) is 2.89. The molecular formula is C29H24NO3P. The summed E-state index contributed by atoms with van der Waals surface area (Å²) in [5.74, 6) is 0.185. The molecule has 0 aliphatic carbocycles. The molecule has 0 fully saturated rings. The second-order valence-corrected chi connectivity index (χ2v) is 9.79. The number of benzene rings is 5. The highest BCUT2D eigenvalue weighted by atomic mass is 31.2. The van der Waals surface area contributed by atoms with Crippen LogP contribution in [0.15, 0.2) is 133 Å². The van der Waals surface area contributed by atoms with Gasteiger partial charge in [0.2, 0.25) is 0 Å². The van der Waals surface area contributed by atoms with Gasteiger partial charge >= 0.3 is 7.60 Å². The van der Waals surface area contributed by atoms with Crippen LogP contribution < -0.4 is 14.4 Å². The SMILES string of the molecule is O=P(Oc1ccccc1)(Oc1ccccc1)[C@@H](Nc1cccc2ccccc12)c1ccccc1. The Hall–Kier alpha value is -4.01. The predicted octanol–water partition coefficient (Wildman–Crippen LogP) is 8.30. The summed E-state index contributed by atoms with van der Waals surface area (Å²) in [6.45, 7) is 0. The minimum absolute atomic E-state index is 0.474. The zero-order chi connectivity index (χ0) is 23.2. The van der Waals surface area contributed by atoms with E-state index in [1.54, 1.807) is 24.3 Å². The van der Waals surface area contributed by atoms with Crippen molar-refractivity contribution in [3.05, 3.63) is 139 Å². The largest absolute Gasteiger partial charge is 0.457 e. The Morgan fingerprint density at radius 1 is 0.559 bits per heavy atom. The Balaban J connectivity index is 1.63. The summed E-state index contributed by atoms with van der Waals surface area (Å²) in [5.41, 5.74) is 1.64. The van der Waals surface area contributed by atoms with Crippen molar-refractivity contribution in [2.24, 2.45) is 0 Å². The van der Waals surface area contributed by atoms with Gasteiger partial charge in [0.15, 0.2) is 5.78 Å². The highest BCUT2D eigenvalue weighted by Crippen LogP contribution is 2.60. The summed E-state index contributed by atoms with van der Waals surface area (Å²) in [6.07, 6.45) is 0. The monoisotopic (exact) mass is 465 g/mol. The maximum absolute atomic E-state index is 14.7. The zero-order valence-corrected chi connectivity index (χ0v) is 19.3. The van der Waals surface area contributed by atoms with Gasteiger partial charge in [-0.3, -0.25) is 0 Å². The molecule has 0 radical (unpaired) electrons. The lowest BCUT2D eigenvalue weighted by Crippen LogP contribution is -2.18. The van der Waals surface area contributed by atoms with Crippen LogP contribution in [0.2, 0.25) is 0 Å². The average molecular weight is 465 g/mol. The normalized spacial score (nSPS) is 12.1. The summed E-state index contributed by atoms with van der Waals surface area (Å²) in [7, 11) is -3.85. The standard InChI is InChI=1S/C29H24NO3P/c31-34(32-25-17-6-2-7-18-25,33-26-19-8-3-9-20-26)29(24-14-4-1-5-15-24)30-28-22-12-16-23-13-10-11-21-27(23)28/h1-22,29-30H/t29-/m1/s1. The third-order valence-electron chi connectivity index (χ3n) is 5.47. The maximum atomic E-state index is 14.7. The van der Waals surface area contributed by atoms with Gasteiger partial charge in [0, 0.05) is 11.1 Å². The number of hydrogen-bond donors (Lipinski definition) is 1. The molecule has 4 nitrogen and oxygen atoms in total. The van der Waals surface area contributed by atoms with E-state index < -0.39 is 13.4 Å². The van der Waals surface area contributed by atoms with E-state index in [1.165, 1.54) is 0 Å². The smallest absolute Gasteiger partial charge is 0.414 e. The van der Waals surface area contributed by atoms with E-state index >= 15 is 0 Å². The van der Waals surface area contributed by atoms with E-state index in [1.807, 2.05) is 97.1 Å². The van der Waals surface area contributed by atoms with Crippen LogP contribution in [-0.2, 0) is 4.57 Å². The molecule has 0 unspecified atom stereocenters. The summed E-state index contributed by atoms with van der Waals surface area (Å²) in [5, 5.41) is 5.62. The Bertz CT molecular complexity index is 1360. The van der Waals surface area contributed by atoms with Crippen LogP contribution in [-0.4, -0.2) is 0 Å². The van der Waals surface area contributed by atoms with Gasteiger partial charge in [0.1, 0.15) is 11.5 Å². The molecular weight excluding hydrogens is 441 g/mol. The molecule has 0 amide bonds. The van der Waals surface area contributed by atoms with Gasteiger partial charge in [-0.1, -0.05) is 103 Å². The van der Waals surface area contributed by atoms with E-state index in [0.717, 1.165) is 22.0 Å². The lowest BCUT2D eigenvalue weighted by molar-refractivity contribution is 0.376. The van der Waals surface area contributed by atoms with Crippen LogP contribution in [0.1, 0.15) is 11.3 Å². The van der Waals surface area contributed by atoms with Gasteiger partial charge in [-0.15, -0.1) is 0 Å². The van der Waals surface area contributed by atoms with Crippen LogP contribution in [0.4, 0.5) is 5.69 Å². The van der Waals surface area contributed by atoms with Crippen LogP contribution in [0.3, 0.4) is 0 Å². The van der Waals surface area contributed by atoms with Crippen molar-refractivity contribution in [2.45, 2.75) is 5.78 Å². The third kappa shape index (κ3) is 4.83. The molecule has 0 saturated heterocycles. The van der Waals surface area contributed by atoms with E-state index in [0.29, 0.717) is 11.5 Å². The van der Waals surface area contributed by atoms with E-state index in [4.69, 9.17) is 9.05 Å². The van der Waals surface area contributed by atoms with E-state index in [-0.39, 0.29) is 0 Å². The first kappa shape index (κ1) is 21.8. The molecule has 5 rings (SSSR count). The van der Waals surface area contributed by atoms with Crippen molar-refractivity contribution < 1.29 is 13.6 Å². The van der Waals surface area contributed by atoms with Crippen molar-refractivity contribution in [1.82, 2.24) is 0 Å². The second kappa shape index (κ2) is 9.86. The molecule has 0 spiro atoms. The molecule has 5 aromatic carbocycles. The van der Waals surface area contributed by atoms with Crippen molar-refractivity contribution in [1.29, 1.82) is 0 Å². The van der Waals surface area contributed by atoms with Gasteiger partial charge in [0.25, 0.3) is 0 Å². The fourth-order valence-electron chi connectivity index (χ4n) is 3.86. The van der Waals surface area contributed by atoms with Gasteiger partial charge in [-0.25, -0.2) is 4.57 Å². The molecule has 5 heteroatoms. The molecule has 168 valence electrons. The van der Waals surface area contributed by atoms with Gasteiger partial charge < -0.3 is 14.4 Å². The topological polar surface area (TPSA) is 47.6 Å². The molecule has 0 saturated carbocycles. The van der Waals surface area contributed by atoms with Crippen molar-refractivity contribution in [3.8, 4) is 11.5 Å². The van der Waals surface area contributed by atoms with Crippen LogP contribution in [0.25, 0.3) is 10.8 Å². The molecule has 0 aromatic heterocycles. The molecule has 1 N–H and O–H groups in total. The zero-order valence-electron chi connectivity index (χ0n) is 18.5. The minimum atomic E-state index is -3.85. The number of fused-ring (bicyclic) bond motifs is 1. The van der Waals surface area contributed by atoms with Crippen LogP contribution >= 0.6 is 7.60 Å². The van der Waals surface area contributed by atoms with Gasteiger partial charge in [0.05, 0.1) is 0 Å². The summed E-state index contributed by atoms with van der Waals surface area (Å²) in [4.78, 5) is 0. The van der Waals surface area contributed by atoms with E-state index in [2.05, 4.69) is 17.4 Å². The molecule has 0 aliphatic rings. The van der Waals surface area contributed by atoms with E-state index in [9.17, 15) is 4.57 Å². The Kier molecular flexibility index (Phi) is 6.33. The summed E-state index contributed by atoms with van der Waals surface area (Å²) >= 11 is 0. The third-order valence-corrected chi connectivity index (χ3v) is 7.46. The fourth-order valence-corrected chi connectivity index (χ4v) is 5.77. The molecule has 34 heavy (non-hydrogen) atoms. The number of hydrogen-bond acceptors (Lipinski definition) is 4. The lowest BCUT2D eigenvalue weighted by Gasteiger charge is -2.29. The highest BCUT2D eigenvalue weighted by Gasteiger charge is 2.41. The Morgan fingerprint density at radius 3 is 1.68 bits per heavy atom. The fraction of sp³-hybridized carbons (Fsp3) is 0.0345. The number of anilines is 1. The number of para-hydroxylation sites is 2. The first-order valence-electron chi connectivity index (χ1n) is 11.1. The predicted molar refractivity (Wildman–Crippen MR) is 139 cm³/mol. The summed E-state index contributed by atoms with van der Waals surface area (Å²) < 4.78 is 27.0. The number of nitrogens with one attached hydrogen (secondary N) is 1. The first-order chi connectivity index (χ1) is 16.7. The van der Waals surface area contributed by atoms with Crippen molar-refractivity contribution >= 4 is 24.1 Å². The summed E-state index contributed by atoms with van der Waals surface area (Å²) in [6, 6.07) is 42.0. The maximum Gasteiger partial charge on any atom is 0.457 e. The van der Waals surface area contributed by atoms with Gasteiger partial charge in [-0.2, -0.15) is 0 Å². The highest BCUT2D eigenvalue weighted by molar-refractivity contribution is 7.55. The Morgan fingerprint density at radius 2 is 1.06 bits per heavy atom. The molecule has 0 heterocycles. The Labute approximate surface area is 199 Å². The van der Waals surface area contributed by atoms with Crippen LogP contribution in [0.5, 0.6) is 11.5 Å². The molecule has 0 aliphatic heterocycles. The molecule has 5 aromatic rings. The quantitative estimate of drug-likeness (QED) is 0.234.